The standard InChI is InChI=1S/C78H53N3Si/c1-2-22-57(23-3-1)82(58-48-42-54(43-49-58)79-73-36-16-10-30-67(73)61-24-4-5-25-62(61)68-31-11-17-37-74(68)79,59-50-44-55(45-51-59)80-75-38-18-12-32-69(75)63-26-6-7-27-64(63)70-33-13-19-39-76(70)80)60-52-46-56(47-53-60)81-77-40-20-14-34-71(77)65-28-8-9-29-66(65)72-35-15-21-41-78(72)81/h1-53H. The SMILES string of the molecule is c1ccc([Si](c2ccc(N3c4ccccc4-c4ccccc4-c4ccccc43)cc2)(c2ccc(N3c4ccccc4-c4ccccc4-c4ccccc43)cc2)c2ccc(N3c4ccccc4-c4ccccc4-c4ccccc43)cc2)cc1. The van der Waals surface area contributed by atoms with Crippen molar-refractivity contribution in [1.82, 2.24) is 0 Å². The summed E-state index contributed by atoms with van der Waals surface area (Å²) in [6, 6.07) is 120. The fraction of sp³-hybridized carbons (Fsp3) is 0. The zero-order valence-electron chi connectivity index (χ0n) is 44.9. The van der Waals surface area contributed by atoms with Gasteiger partial charge >= 0.3 is 0 Å². The molecule has 0 aromatic heterocycles. The van der Waals surface area contributed by atoms with Crippen molar-refractivity contribution in [3.63, 3.8) is 0 Å². The first-order valence-corrected chi connectivity index (χ1v) is 30.3. The summed E-state index contributed by atoms with van der Waals surface area (Å²) < 4.78 is 0. The van der Waals surface area contributed by atoms with E-state index in [1.165, 1.54) is 87.5 Å². The van der Waals surface area contributed by atoms with Crippen LogP contribution >= 0.6 is 0 Å². The first kappa shape index (κ1) is 47.5. The molecular weight excluding hydrogens is 1010 g/mol. The van der Waals surface area contributed by atoms with Gasteiger partial charge in [-0.3, -0.25) is 0 Å². The van der Waals surface area contributed by atoms with Gasteiger partial charge in [0.1, 0.15) is 0 Å². The van der Waals surface area contributed by atoms with E-state index in [-0.39, 0.29) is 0 Å². The van der Waals surface area contributed by atoms with Crippen LogP contribution in [0.5, 0.6) is 0 Å². The van der Waals surface area contributed by atoms with Crippen LogP contribution in [-0.2, 0) is 0 Å². The summed E-state index contributed by atoms with van der Waals surface area (Å²) in [7, 11) is -3.19. The van der Waals surface area contributed by atoms with E-state index in [1.807, 2.05) is 0 Å². The topological polar surface area (TPSA) is 9.72 Å². The average molecular weight is 1060 g/mol. The van der Waals surface area contributed by atoms with E-state index < -0.39 is 8.07 Å². The second-order valence-electron chi connectivity index (χ2n) is 21.5. The second-order valence-corrected chi connectivity index (χ2v) is 25.3. The molecule has 0 unspecified atom stereocenters. The molecular formula is C78H53N3Si. The van der Waals surface area contributed by atoms with Crippen molar-refractivity contribution < 1.29 is 0 Å². The number of hydrogen-bond donors (Lipinski definition) is 0. The van der Waals surface area contributed by atoms with Gasteiger partial charge in [0.25, 0.3) is 0 Å². The molecule has 0 amide bonds. The van der Waals surface area contributed by atoms with Crippen LogP contribution in [0.15, 0.2) is 322 Å². The third-order valence-corrected chi connectivity index (χ3v) is 22.1. The van der Waals surface area contributed by atoms with Crippen LogP contribution < -0.4 is 35.4 Å². The number of benzene rings is 13. The lowest BCUT2D eigenvalue weighted by atomic mass is 9.95. The maximum atomic E-state index is 2.47. The van der Waals surface area contributed by atoms with Gasteiger partial charge in [-0.2, -0.15) is 0 Å². The van der Waals surface area contributed by atoms with Crippen LogP contribution in [0.25, 0.3) is 66.8 Å². The van der Waals surface area contributed by atoms with Gasteiger partial charge in [0.2, 0.25) is 0 Å². The normalized spacial score (nSPS) is 12.6. The van der Waals surface area contributed by atoms with Crippen molar-refractivity contribution in [2.75, 3.05) is 14.7 Å². The quantitative estimate of drug-likeness (QED) is 0.116. The van der Waals surface area contributed by atoms with Gasteiger partial charge in [-0.25, -0.2) is 0 Å². The Labute approximate surface area is 480 Å². The monoisotopic (exact) mass is 1060 g/mol. The van der Waals surface area contributed by atoms with Crippen molar-refractivity contribution in [2.24, 2.45) is 0 Å². The maximum Gasteiger partial charge on any atom is 0.179 e. The Morgan fingerprint density at radius 3 is 0.537 bits per heavy atom. The van der Waals surface area contributed by atoms with Gasteiger partial charge in [-0.1, -0.05) is 249 Å². The highest BCUT2D eigenvalue weighted by Gasteiger charge is 2.42. The van der Waals surface area contributed by atoms with Gasteiger partial charge < -0.3 is 14.7 Å². The van der Waals surface area contributed by atoms with Gasteiger partial charge in [0.05, 0.1) is 34.1 Å². The molecule has 0 N–H and O–H groups in total. The molecule has 0 aliphatic carbocycles. The predicted molar refractivity (Wildman–Crippen MR) is 347 cm³/mol. The third-order valence-electron chi connectivity index (χ3n) is 17.3. The predicted octanol–water partition coefficient (Wildman–Crippen LogP) is 18.4. The molecule has 3 aliphatic heterocycles. The summed E-state index contributed by atoms with van der Waals surface area (Å²) >= 11 is 0. The Morgan fingerprint density at radius 1 is 0.146 bits per heavy atom. The van der Waals surface area contributed by atoms with Gasteiger partial charge in [0, 0.05) is 50.4 Å². The van der Waals surface area contributed by atoms with Gasteiger partial charge in [0.15, 0.2) is 8.07 Å². The van der Waals surface area contributed by atoms with Crippen LogP contribution in [0.1, 0.15) is 0 Å². The Balaban J connectivity index is 0.902. The average Bonchev–Trinajstić information content (AvgIpc) is 3.32. The molecule has 4 heteroatoms. The van der Waals surface area contributed by atoms with Crippen LogP contribution in [0.4, 0.5) is 51.2 Å². The summed E-state index contributed by atoms with van der Waals surface area (Å²) in [5.41, 5.74) is 25.0. The molecule has 0 fully saturated rings. The van der Waals surface area contributed by atoms with E-state index in [4.69, 9.17) is 0 Å². The zero-order chi connectivity index (χ0) is 54.1. The van der Waals surface area contributed by atoms with E-state index in [1.54, 1.807) is 0 Å². The maximum absolute atomic E-state index is 3.19. The van der Waals surface area contributed by atoms with Crippen molar-refractivity contribution in [3.8, 4) is 66.8 Å². The van der Waals surface area contributed by atoms with Gasteiger partial charge in [-0.05, 0) is 127 Å². The highest BCUT2D eigenvalue weighted by atomic mass is 28.3. The van der Waals surface area contributed by atoms with Crippen LogP contribution in [-0.4, -0.2) is 8.07 Å². The molecule has 0 saturated carbocycles. The number of fused-ring (bicyclic) bond motifs is 15. The van der Waals surface area contributed by atoms with Crippen molar-refractivity contribution in [3.05, 3.63) is 322 Å². The van der Waals surface area contributed by atoms with Gasteiger partial charge in [-0.15, -0.1) is 0 Å². The highest BCUT2D eigenvalue weighted by molar-refractivity contribution is 7.19. The number of hydrogen-bond acceptors (Lipinski definition) is 3. The molecule has 3 nitrogen and oxygen atoms in total. The molecule has 13 aromatic rings. The molecule has 0 saturated heterocycles. The van der Waals surface area contributed by atoms with Crippen LogP contribution in [0.2, 0.25) is 0 Å². The Kier molecular flexibility index (Phi) is 11.2. The number of para-hydroxylation sites is 6. The van der Waals surface area contributed by atoms with E-state index >= 15 is 0 Å². The first-order valence-electron chi connectivity index (χ1n) is 28.3. The first-order chi connectivity index (χ1) is 40.7. The fourth-order valence-electron chi connectivity index (χ4n) is 13.7. The molecule has 384 valence electrons. The lowest BCUT2D eigenvalue weighted by Crippen LogP contribution is -2.74. The molecule has 0 atom stereocenters. The van der Waals surface area contributed by atoms with E-state index in [0.29, 0.717) is 0 Å². The number of nitrogens with zero attached hydrogens (tertiary/aromatic N) is 3. The molecule has 3 aliphatic rings. The van der Waals surface area contributed by atoms with E-state index in [0.717, 1.165) is 51.2 Å². The number of anilines is 9. The van der Waals surface area contributed by atoms with Crippen molar-refractivity contribution >= 4 is 80.0 Å². The largest absolute Gasteiger partial charge is 0.309 e. The van der Waals surface area contributed by atoms with Crippen molar-refractivity contribution in [1.29, 1.82) is 0 Å². The molecule has 82 heavy (non-hydrogen) atoms. The Hall–Kier alpha value is -10.5. The zero-order valence-corrected chi connectivity index (χ0v) is 45.9. The van der Waals surface area contributed by atoms with E-state index in [9.17, 15) is 0 Å². The van der Waals surface area contributed by atoms with Crippen LogP contribution in [0, 0.1) is 0 Å². The molecule has 0 spiro atoms. The lowest BCUT2D eigenvalue weighted by molar-refractivity contribution is 1.29. The highest BCUT2D eigenvalue weighted by Crippen LogP contribution is 2.54. The summed E-state index contributed by atoms with van der Waals surface area (Å²) in [6.07, 6.45) is 0. The second kappa shape index (κ2) is 19.4. The molecule has 0 radical (unpaired) electrons. The third kappa shape index (κ3) is 7.35. The number of rotatable bonds is 7. The molecule has 3 heterocycles. The van der Waals surface area contributed by atoms with Crippen LogP contribution in [0.3, 0.4) is 0 Å². The Morgan fingerprint density at radius 2 is 0.317 bits per heavy atom. The summed E-state index contributed by atoms with van der Waals surface area (Å²) in [6.45, 7) is 0. The summed E-state index contributed by atoms with van der Waals surface area (Å²) in [4.78, 5) is 7.40. The van der Waals surface area contributed by atoms with Crippen molar-refractivity contribution in [2.45, 2.75) is 0 Å². The molecule has 0 bridgehead atoms. The fourth-order valence-corrected chi connectivity index (χ4v) is 18.4. The minimum absolute atomic E-state index is 1.11. The molecule has 16 rings (SSSR count). The summed E-state index contributed by atoms with van der Waals surface area (Å²) in [5, 5.41) is 5.20. The lowest BCUT2D eigenvalue weighted by Gasteiger charge is -2.36. The van der Waals surface area contributed by atoms with E-state index in [2.05, 4.69) is 336 Å². The molecule has 13 aromatic carbocycles. The summed E-state index contributed by atoms with van der Waals surface area (Å²) in [5.74, 6) is 0. The smallest absolute Gasteiger partial charge is 0.179 e. The Bertz CT molecular complexity index is 3950. The minimum atomic E-state index is -3.19. The minimum Gasteiger partial charge on any atom is -0.309 e.